The highest BCUT2D eigenvalue weighted by Gasteiger charge is 2.38. The van der Waals surface area contributed by atoms with Crippen molar-refractivity contribution in [2.75, 3.05) is 26.2 Å². The smallest absolute Gasteiger partial charge is 0.410 e. The van der Waals surface area contributed by atoms with Gasteiger partial charge in [0.25, 0.3) is 0 Å². The van der Waals surface area contributed by atoms with Gasteiger partial charge in [0.2, 0.25) is 0 Å². The van der Waals surface area contributed by atoms with E-state index in [1.807, 2.05) is 25.7 Å². The van der Waals surface area contributed by atoms with E-state index in [1.165, 1.54) is 11.1 Å². The van der Waals surface area contributed by atoms with Crippen LogP contribution in [0.1, 0.15) is 74.7 Å². The zero-order chi connectivity index (χ0) is 23.0. The molecule has 1 aromatic carbocycles. The molecule has 2 aliphatic heterocycles. The Bertz CT molecular complexity index is 990. The van der Waals surface area contributed by atoms with Crippen molar-refractivity contribution < 1.29 is 14.3 Å². The fourth-order valence-corrected chi connectivity index (χ4v) is 4.56. The van der Waals surface area contributed by atoms with Crippen molar-refractivity contribution in [3.63, 3.8) is 0 Å². The van der Waals surface area contributed by atoms with E-state index in [9.17, 15) is 4.79 Å². The Kier molecular flexibility index (Phi) is 6.32. The molecule has 0 radical (unpaired) electrons. The average Bonchev–Trinajstić information content (AvgIpc) is 3.11. The Balaban J connectivity index is 1.78. The van der Waals surface area contributed by atoms with E-state index in [1.54, 1.807) is 0 Å². The summed E-state index contributed by atoms with van der Waals surface area (Å²) >= 11 is 0. The average molecular weight is 441 g/mol. The van der Waals surface area contributed by atoms with Gasteiger partial charge in [0.1, 0.15) is 5.60 Å². The number of hydrogen-bond donors (Lipinski definition) is 1. The van der Waals surface area contributed by atoms with Gasteiger partial charge in [0.15, 0.2) is 0 Å². The minimum atomic E-state index is -0.533. The quantitative estimate of drug-likeness (QED) is 0.756. The molecule has 174 valence electrons. The van der Waals surface area contributed by atoms with Crippen LogP contribution >= 0.6 is 0 Å². The van der Waals surface area contributed by atoms with Crippen molar-refractivity contribution in [1.29, 1.82) is 0 Å². The van der Waals surface area contributed by atoms with Gasteiger partial charge in [-0.3, -0.25) is 4.90 Å². The number of benzene rings is 1. The van der Waals surface area contributed by atoms with Crippen LogP contribution in [0.3, 0.4) is 0 Å². The molecular weight excluding hydrogens is 404 g/mol. The molecule has 3 heterocycles. The minimum Gasteiger partial charge on any atom is -0.444 e. The summed E-state index contributed by atoms with van der Waals surface area (Å²) in [7, 11) is 0. The Morgan fingerprint density at radius 3 is 2.78 bits per heavy atom. The van der Waals surface area contributed by atoms with Gasteiger partial charge in [-0.25, -0.2) is 9.48 Å². The molecule has 2 aliphatic rings. The summed E-state index contributed by atoms with van der Waals surface area (Å²) in [5.74, 6) is 0.481. The number of nitrogens with zero attached hydrogens (tertiary/aromatic N) is 3. The van der Waals surface area contributed by atoms with Crippen LogP contribution in [0.15, 0.2) is 18.2 Å². The van der Waals surface area contributed by atoms with Crippen molar-refractivity contribution in [2.24, 2.45) is 0 Å². The van der Waals surface area contributed by atoms with Crippen LogP contribution in [-0.4, -0.2) is 52.6 Å². The molecule has 0 spiro atoms. The lowest BCUT2D eigenvalue weighted by atomic mass is 9.95. The van der Waals surface area contributed by atoms with Gasteiger partial charge in [-0.1, -0.05) is 26.0 Å². The Labute approximate surface area is 191 Å². The molecule has 0 saturated carbocycles. The third kappa shape index (κ3) is 4.55. The normalized spacial score (nSPS) is 19.2. The van der Waals surface area contributed by atoms with Crippen LogP contribution in [0.4, 0.5) is 4.79 Å². The predicted molar refractivity (Wildman–Crippen MR) is 124 cm³/mol. The monoisotopic (exact) mass is 440 g/mol. The summed E-state index contributed by atoms with van der Waals surface area (Å²) in [4.78, 5) is 14.9. The number of amides is 1. The second kappa shape index (κ2) is 8.87. The second-order valence-electron chi connectivity index (χ2n) is 10.1. The number of nitrogens with one attached hydrogen (secondary N) is 1. The van der Waals surface area contributed by atoms with Gasteiger partial charge in [0, 0.05) is 31.6 Å². The highest BCUT2D eigenvalue weighted by Crippen LogP contribution is 2.36. The number of rotatable bonds is 2. The number of aromatic nitrogens is 2. The summed E-state index contributed by atoms with van der Waals surface area (Å²) in [6, 6.07) is 6.48. The fourth-order valence-electron chi connectivity index (χ4n) is 4.56. The summed E-state index contributed by atoms with van der Waals surface area (Å²) in [6.07, 6.45) is 0.454. The molecular formula is C25H36N4O3. The highest BCUT2D eigenvalue weighted by molar-refractivity contribution is 5.70. The van der Waals surface area contributed by atoms with Crippen LogP contribution in [0, 0.1) is 6.92 Å². The van der Waals surface area contributed by atoms with E-state index < -0.39 is 5.60 Å². The first-order chi connectivity index (χ1) is 15.2. The minimum absolute atomic E-state index is 0.130. The van der Waals surface area contributed by atoms with Crippen molar-refractivity contribution in [1.82, 2.24) is 20.0 Å². The molecule has 1 aromatic heterocycles. The molecule has 1 N–H and O–H groups in total. The first kappa shape index (κ1) is 22.8. The lowest BCUT2D eigenvalue weighted by Gasteiger charge is -2.37. The lowest BCUT2D eigenvalue weighted by molar-refractivity contribution is 0.0140. The molecule has 2 aromatic rings. The van der Waals surface area contributed by atoms with Crippen molar-refractivity contribution in [2.45, 2.75) is 72.1 Å². The standard InChI is InChI=1S/C25H36N4O3/c1-16(2)18-7-8-20(17(3)13-18)29-21-9-11-28(24(30)32-25(4,5)6)22-14-26-10-12-31-15-19(27-29)23(21)22/h7-8,13,16,22,26H,9-12,14-15H2,1-6H3. The topological polar surface area (TPSA) is 68.6 Å². The summed E-state index contributed by atoms with van der Waals surface area (Å²) in [5.41, 5.74) is 6.25. The van der Waals surface area contributed by atoms with E-state index in [2.05, 4.69) is 49.0 Å². The van der Waals surface area contributed by atoms with Gasteiger partial charge >= 0.3 is 6.09 Å². The van der Waals surface area contributed by atoms with E-state index in [0.29, 0.717) is 32.2 Å². The maximum absolute atomic E-state index is 13.1. The molecule has 1 atom stereocenters. The molecule has 0 bridgehead atoms. The Hall–Kier alpha value is -2.38. The van der Waals surface area contributed by atoms with Gasteiger partial charge in [-0.2, -0.15) is 5.10 Å². The number of hydrogen-bond acceptors (Lipinski definition) is 5. The summed E-state index contributed by atoms with van der Waals surface area (Å²) < 4.78 is 13.7. The van der Waals surface area contributed by atoms with Crippen molar-refractivity contribution >= 4 is 6.09 Å². The number of carbonyl (C=O) groups is 1. The number of ether oxygens (including phenoxy) is 2. The van der Waals surface area contributed by atoms with Crippen LogP contribution < -0.4 is 5.32 Å². The third-order valence-electron chi connectivity index (χ3n) is 6.14. The Morgan fingerprint density at radius 1 is 1.31 bits per heavy atom. The van der Waals surface area contributed by atoms with Crippen LogP contribution in [-0.2, 0) is 22.5 Å². The molecule has 7 heteroatoms. The SMILES string of the molecule is Cc1cc(C(C)C)ccc1-n1nc2c3c1CCN(C(=O)OC(C)(C)C)C3CNCCOC2. The van der Waals surface area contributed by atoms with Crippen molar-refractivity contribution in [3.05, 3.63) is 46.3 Å². The molecule has 0 fully saturated rings. The van der Waals surface area contributed by atoms with Gasteiger partial charge in [-0.15, -0.1) is 0 Å². The molecule has 4 rings (SSSR count). The van der Waals surface area contributed by atoms with Crippen molar-refractivity contribution in [3.8, 4) is 5.69 Å². The Morgan fingerprint density at radius 2 is 2.09 bits per heavy atom. The summed E-state index contributed by atoms with van der Waals surface area (Å²) in [5, 5.41) is 8.46. The predicted octanol–water partition coefficient (Wildman–Crippen LogP) is 4.26. The van der Waals surface area contributed by atoms with E-state index >= 15 is 0 Å². The molecule has 32 heavy (non-hydrogen) atoms. The van der Waals surface area contributed by atoms with E-state index in [4.69, 9.17) is 14.6 Å². The third-order valence-corrected chi connectivity index (χ3v) is 6.14. The van der Waals surface area contributed by atoms with E-state index in [0.717, 1.165) is 35.6 Å². The zero-order valence-electron chi connectivity index (χ0n) is 20.2. The number of aryl methyl sites for hydroxylation is 1. The fraction of sp³-hybridized carbons (Fsp3) is 0.600. The van der Waals surface area contributed by atoms with Crippen LogP contribution in [0.5, 0.6) is 0 Å². The van der Waals surface area contributed by atoms with Gasteiger partial charge in [-0.05, 0) is 50.8 Å². The first-order valence-electron chi connectivity index (χ1n) is 11.7. The van der Waals surface area contributed by atoms with Gasteiger partial charge in [0.05, 0.1) is 36.3 Å². The van der Waals surface area contributed by atoms with E-state index in [-0.39, 0.29) is 12.1 Å². The molecule has 0 saturated heterocycles. The van der Waals surface area contributed by atoms with Crippen LogP contribution in [0.2, 0.25) is 0 Å². The molecule has 1 amide bonds. The maximum atomic E-state index is 13.1. The largest absolute Gasteiger partial charge is 0.444 e. The highest BCUT2D eigenvalue weighted by atomic mass is 16.6. The summed E-state index contributed by atoms with van der Waals surface area (Å²) in [6.45, 7) is 15.3. The van der Waals surface area contributed by atoms with Crippen LogP contribution in [0.25, 0.3) is 5.69 Å². The molecule has 0 aliphatic carbocycles. The number of carbonyl (C=O) groups excluding carboxylic acids is 1. The second-order valence-corrected chi connectivity index (χ2v) is 10.1. The molecule has 1 unspecified atom stereocenters. The first-order valence-corrected chi connectivity index (χ1v) is 11.7. The zero-order valence-corrected chi connectivity index (χ0v) is 20.2. The molecule has 7 nitrogen and oxygen atoms in total. The maximum Gasteiger partial charge on any atom is 0.410 e. The van der Waals surface area contributed by atoms with Gasteiger partial charge < -0.3 is 14.8 Å². The lowest BCUT2D eigenvalue weighted by Crippen LogP contribution is -2.46.